The molecule has 21 heavy (non-hydrogen) atoms. The lowest BCUT2D eigenvalue weighted by Crippen LogP contribution is -2.23. The first-order chi connectivity index (χ1) is 10.1. The van der Waals surface area contributed by atoms with Gasteiger partial charge in [-0.3, -0.25) is 4.98 Å². The number of aromatic nitrogens is 4. The van der Waals surface area contributed by atoms with Gasteiger partial charge < -0.3 is 5.32 Å². The molecule has 1 N–H and O–H groups in total. The Morgan fingerprint density at radius 1 is 1.29 bits per heavy atom. The van der Waals surface area contributed by atoms with Gasteiger partial charge in [-0.15, -0.1) is 0 Å². The van der Waals surface area contributed by atoms with Gasteiger partial charge in [-0.1, -0.05) is 13.8 Å². The van der Waals surface area contributed by atoms with Gasteiger partial charge in [0.2, 0.25) is 0 Å². The molecule has 2 aromatic rings. The summed E-state index contributed by atoms with van der Waals surface area (Å²) in [4.78, 5) is 8.45. The molecule has 0 bridgehead atoms. The van der Waals surface area contributed by atoms with Crippen LogP contribution in [0.15, 0.2) is 18.6 Å². The molecule has 2 aromatic heterocycles. The van der Waals surface area contributed by atoms with Crippen molar-refractivity contribution in [2.45, 2.75) is 40.5 Å². The van der Waals surface area contributed by atoms with Crippen LogP contribution >= 0.6 is 0 Å². The second kappa shape index (κ2) is 7.31. The molecule has 0 saturated carbocycles. The molecule has 0 amide bonds. The lowest BCUT2D eigenvalue weighted by molar-refractivity contribution is 0.509. The van der Waals surface area contributed by atoms with Crippen molar-refractivity contribution in [3.8, 4) is 5.82 Å². The maximum absolute atomic E-state index is 4.62. The summed E-state index contributed by atoms with van der Waals surface area (Å²) < 4.78 is 1.89. The van der Waals surface area contributed by atoms with Crippen molar-refractivity contribution in [2.75, 3.05) is 13.1 Å². The molecule has 0 aliphatic heterocycles. The largest absolute Gasteiger partial charge is 0.316 e. The predicted octanol–water partition coefficient (Wildman–Crippen LogP) is 2.46. The van der Waals surface area contributed by atoms with Gasteiger partial charge in [-0.05, 0) is 51.3 Å². The van der Waals surface area contributed by atoms with Gasteiger partial charge in [0, 0.05) is 18.1 Å². The number of aryl methyl sites for hydroxylation is 1. The first-order valence-electron chi connectivity index (χ1n) is 7.65. The third kappa shape index (κ3) is 3.88. The van der Waals surface area contributed by atoms with Crippen LogP contribution in [0, 0.1) is 19.8 Å². The summed E-state index contributed by atoms with van der Waals surface area (Å²) in [6, 6.07) is 0. The Hall–Kier alpha value is -1.75. The summed E-state index contributed by atoms with van der Waals surface area (Å²) in [6.45, 7) is 10.8. The van der Waals surface area contributed by atoms with Crippen LogP contribution in [0.1, 0.15) is 37.2 Å². The molecule has 2 rings (SSSR count). The highest BCUT2D eigenvalue weighted by atomic mass is 15.3. The van der Waals surface area contributed by atoms with E-state index in [1.807, 2.05) is 4.68 Å². The Bertz CT molecular complexity index is 562. The average Bonchev–Trinajstić information content (AvgIpc) is 2.76. The number of nitrogens with zero attached hydrogens (tertiary/aromatic N) is 4. The molecular weight excluding hydrogens is 262 g/mol. The highest BCUT2D eigenvalue weighted by molar-refractivity contribution is 5.31. The Labute approximate surface area is 126 Å². The normalized spacial score (nSPS) is 12.6. The van der Waals surface area contributed by atoms with Crippen molar-refractivity contribution in [3.05, 3.63) is 35.5 Å². The van der Waals surface area contributed by atoms with Crippen LogP contribution < -0.4 is 5.32 Å². The first-order valence-corrected chi connectivity index (χ1v) is 7.65. The van der Waals surface area contributed by atoms with Crippen molar-refractivity contribution in [2.24, 2.45) is 5.92 Å². The summed E-state index contributed by atoms with van der Waals surface area (Å²) in [5.41, 5.74) is 3.57. The zero-order valence-electron chi connectivity index (χ0n) is 13.4. The van der Waals surface area contributed by atoms with Crippen LogP contribution in [-0.4, -0.2) is 32.8 Å². The lowest BCUT2D eigenvalue weighted by atomic mass is 9.99. The topological polar surface area (TPSA) is 55.6 Å². The summed E-state index contributed by atoms with van der Waals surface area (Å²) >= 11 is 0. The van der Waals surface area contributed by atoms with Crippen molar-refractivity contribution >= 4 is 0 Å². The van der Waals surface area contributed by atoms with E-state index in [1.54, 1.807) is 18.6 Å². The van der Waals surface area contributed by atoms with Gasteiger partial charge in [0.25, 0.3) is 0 Å². The second-order valence-corrected chi connectivity index (χ2v) is 5.64. The van der Waals surface area contributed by atoms with Crippen LogP contribution in [-0.2, 0) is 6.42 Å². The van der Waals surface area contributed by atoms with Gasteiger partial charge in [-0.25, -0.2) is 9.67 Å². The van der Waals surface area contributed by atoms with E-state index in [9.17, 15) is 0 Å². The number of hydrogen-bond donors (Lipinski definition) is 1. The molecule has 0 radical (unpaired) electrons. The third-order valence-electron chi connectivity index (χ3n) is 3.68. The fraction of sp³-hybridized carbons (Fsp3) is 0.562. The van der Waals surface area contributed by atoms with E-state index in [1.165, 1.54) is 12.0 Å². The van der Waals surface area contributed by atoms with E-state index < -0.39 is 0 Å². The van der Waals surface area contributed by atoms with Gasteiger partial charge >= 0.3 is 0 Å². The molecule has 1 atom stereocenters. The summed E-state index contributed by atoms with van der Waals surface area (Å²) in [6.07, 6.45) is 7.33. The molecule has 0 aromatic carbocycles. The van der Waals surface area contributed by atoms with Crippen LogP contribution in [0.25, 0.3) is 5.82 Å². The molecule has 1 unspecified atom stereocenters. The van der Waals surface area contributed by atoms with Crippen LogP contribution in [0.4, 0.5) is 0 Å². The quantitative estimate of drug-likeness (QED) is 0.795. The van der Waals surface area contributed by atoms with Crippen molar-refractivity contribution < 1.29 is 0 Å². The SMILES string of the molecule is CCCNCC(C)Cc1c(C)nn(-c2cnccn2)c1C. The summed E-state index contributed by atoms with van der Waals surface area (Å²) in [7, 11) is 0. The standard InChI is InChI=1S/C16H25N5/c1-5-6-17-10-12(2)9-15-13(3)20-21(14(15)4)16-11-18-7-8-19-16/h7-8,11-12,17H,5-6,9-10H2,1-4H3. The summed E-state index contributed by atoms with van der Waals surface area (Å²) in [5.74, 6) is 1.37. The minimum atomic E-state index is 0.591. The molecule has 5 heteroatoms. The van der Waals surface area contributed by atoms with Crippen molar-refractivity contribution in [1.82, 2.24) is 25.1 Å². The Morgan fingerprint density at radius 2 is 2.10 bits per heavy atom. The minimum absolute atomic E-state index is 0.591. The van der Waals surface area contributed by atoms with E-state index in [0.717, 1.165) is 36.7 Å². The zero-order chi connectivity index (χ0) is 15.2. The molecule has 0 saturated heterocycles. The van der Waals surface area contributed by atoms with Gasteiger partial charge in [0.05, 0.1) is 11.9 Å². The van der Waals surface area contributed by atoms with E-state index in [2.05, 4.69) is 48.1 Å². The maximum atomic E-state index is 4.62. The maximum Gasteiger partial charge on any atom is 0.172 e. The lowest BCUT2D eigenvalue weighted by Gasteiger charge is -2.12. The van der Waals surface area contributed by atoms with Crippen molar-refractivity contribution in [1.29, 1.82) is 0 Å². The highest BCUT2D eigenvalue weighted by Crippen LogP contribution is 2.19. The number of rotatable bonds is 7. The van der Waals surface area contributed by atoms with E-state index in [0.29, 0.717) is 5.92 Å². The Kier molecular flexibility index (Phi) is 5.44. The molecule has 0 spiro atoms. The van der Waals surface area contributed by atoms with E-state index >= 15 is 0 Å². The number of hydrogen-bond acceptors (Lipinski definition) is 4. The fourth-order valence-corrected chi connectivity index (χ4v) is 2.54. The van der Waals surface area contributed by atoms with Crippen LogP contribution in [0.3, 0.4) is 0 Å². The predicted molar refractivity (Wildman–Crippen MR) is 84.7 cm³/mol. The second-order valence-electron chi connectivity index (χ2n) is 5.64. The molecule has 0 aliphatic carbocycles. The molecule has 114 valence electrons. The Balaban J connectivity index is 2.13. The summed E-state index contributed by atoms with van der Waals surface area (Å²) in [5, 5.41) is 8.11. The van der Waals surface area contributed by atoms with Gasteiger partial charge in [0.1, 0.15) is 0 Å². The molecule has 0 aliphatic rings. The van der Waals surface area contributed by atoms with Crippen molar-refractivity contribution in [3.63, 3.8) is 0 Å². The number of nitrogens with one attached hydrogen (secondary N) is 1. The van der Waals surface area contributed by atoms with Crippen LogP contribution in [0.2, 0.25) is 0 Å². The molecule has 2 heterocycles. The molecule has 0 fully saturated rings. The van der Waals surface area contributed by atoms with Crippen LogP contribution in [0.5, 0.6) is 0 Å². The smallest absolute Gasteiger partial charge is 0.172 e. The Morgan fingerprint density at radius 3 is 2.76 bits per heavy atom. The van der Waals surface area contributed by atoms with Gasteiger partial charge in [-0.2, -0.15) is 5.10 Å². The highest BCUT2D eigenvalue weighted by Gasteiger charge is 2.15. The fourth-order valence-electron chi connectivity index (χ4n) is 2.54. The van der Waals surface area contributed by atoms with E-state index in [4.69, 9.17) is 0 Å². The van der Waals surface area contributed by atoms with E-state index in [-0.39, 0.29) is 0 Å². The van der Waals surface area contributed by atoms with Gasteiger partial charge in [0.15, 0.2) is 5.82 Å². The monoisotopic (exact) mass is 287 g/mol. The third-order valence-corrected chi connectivity index (χ3v) is 3.68. The molecule has 5 nitrogen and oxygen atoms in total. The first kappa shape index (κ1) is 15.6. The zero-order valence-corrected chi connectivity index (χ0v) is 13.4. The average molecular weight is 287 g/mol. The minimum Gasteiger partial charge on any atom is -0.316 e. The molecular formula is C16H25N5.